The average Bonchev–Trinajstić information content (AvgIpc) is 2.04. The summed E-state index contributed by atoms with van der Waals surface area (Å²) < 4.78 is 0. The van der Waals surface area contributed by atoms with Crippen molar-refractivity contribution >= 4 is 17.2 Å². The zero-order chi connectivity index (χ0) is 8.27. The molecule has 0 amide bonds. The lowest BCUT2D eigenvalue weighted by molar-refractivity contribution is 0.340. The second kappa shape index (κ2) is 4.02. The van der Waals surface area contributed by atoms with Crippen LogP contribution in [0.4, 0.5) is 0 Å². The Morgan fingerprint density at radius 3 is 2.55 bits per heavy atom. The first kappa shape index (κ1) is 8.94. The van der Waals surface area contributed by atoms with Crippen molar-refractivity contribution in [2.45, 2.75) is 31.7 Å². The largest absolute Gasteiger partial charge is 0.393 e. The third-order valence-electron chi connectivity index (χ3n) is 2.50. The van der Waals surface area contributed by atoms with E-state index in [4.69, 9.17) is 18.0 Å². The maximum absolute atomic E-state index is 5.62. The zero-order valence-electron chi connectivity index (χ0n) is 6.97. The molecule has 0 aromatic carbocycles. The van der Waals surface area contributed by atoms with Gasteiger partial charge < -0.3 is 11.1 Å². The first-order chi connectivity index (χ1) is 5.25. The lowest BCUT2D eigenvalue weighted by atomic mass is 9.84. The van der Waals surface area contributed by atoms with Crippen LogP contribution in [-0.4, -0.2) is 18.1 Å². The summed E-state index contributed by atoms with van der Waals surface area (Å²) in [5.74, 6) is 0.434. The van der Waals surface area contributed by atoms with Gasteiger partial charge in [0.2, 0.25) is 0 Å². The van der Waals surface area contributed by atoms with Crippen LogP contribution < -0.4 is 11.1 Å². The highest BCUT2D eigenvalue weighted by Crippen LogP contribution is 2.24. The van der Waals surface area contributed by atoms with Crippen LogP contribution in [0, 0.1) is 5.92 Å². The Morgan fingerprint density at radius 1 is 1.45 bits per heavy atom. The summed E-state index contributed by atoms with van der Waals surface area (Å²) in [6.07, 6.45) is 4.98. The molecule has 1 saturated carbocycles. The molecular weight excluding hydrogens is 156 g/mol. The minimum absolute atomic E-state index is 0.434. The summed E-state index contributed by atoms with van der Waals surface area (Å²) in [6, 6.07) is 0.529. The van der Waals surface area contributed by atoms with Crippen LogP contribution in [0.3, 0.4) is 0 Å². The molecule has 2 atom stereocenters. The summed E-state index contributed by atoms with van der Waals surface area (Å²) in [7, 11) is 1.99. The van der Waals surface area contributed by atoms with E-state index in [1.54, 1.807) is 0 Å². The smallest absolute Gasteiger partial charge is 0.0774 e. The SMILES string of the molecule is CN[C@@H]1CCCC[C@H]1C(N)=S. The van der Waals surface area contributed by atoms with Crippen LogP contribution in [-0.2, 0) is 0 Å². The summed E-state index contributed by atoms with van der Waals surface area (Å²) in [4.78, 5) is 0.684. The highest BCUT2D eigenvalue weighted by Gasteiger charge is 2.25. The third-order valence-corrected chi connectivity index (χ3v) is 2.80. The molecule has 0 heterocycles. The molecule has 3 N–H and O–H groups in total. The molecule has 0 aromatic heterocycles. The fourth-order valence-corrected chi connectivity index (χ4v) is 2.10. The summed E-state index contributed by atoms with van der Waals surface area (Å²) in [6.45, 7) is 0. The van der Waals surface area contributed by atoms with Crippen molar-refractivity contribution in [1.29, 1.82) is 0 Å². The Labute approximate surface area is 73.5 Å². The molecular formula is C8H16N2S. The fraction of sp³-hybridized carbons (Fsp3) is 0.875. The van der Waals surface area contributed by atoms with Crippen molar-refractivity contribution in [3.05, 3.63) is 0 Å². The molecule has 1 aliphatic carbocycles. The van der Waals surface area contributed by atoms with Crippen molar-refractivity contribution in [2.75, 3.05) is 7.05 Å². The Hall–Kier alpha value is -0.150. The van der Waals surface area contributed by atoms with Gasteiger partial charge in [0, 0.05) is 12.0 Å². The topological polar surface area (TPSA) is 38.0 Å². The molecule has 3 heteroatoms. The molecule has 0 unspecified atom stereocenters. The Bertz CT molecular complexity index is 147. The molecule has 1 fully saturated rings. The van der Waals surface area contributed by atoms with Gasteiger partial charge in [-0.1, -0.05) is 25.1 Å². The van der Waals surface area contributed by atoms with Gasteiger partial charge in [-0.3, -0.25) is 0 Å². The maximum atomic E-state index is 5.62. The van der Waals surface area contributed by atoms with Crippen LogP contribution in [0.2, 0.25) is 0 Å². The zero-order valence-corrected chi connectivity index (χ0v) is 7.79. The molecule has 2 nitrogen and oxygen atoms in total. The Kier molecular flexibility index (Phi) is 3.27. The van der Waals surface area contributed by atoms with Gasteiger partial charge in [-0.25, -0.2) is 0 Å². The standard InChI is InChI=1S/C8H16N2S/c1-10-7-5-3-2-4-6(7)8(9)11/h6-7,10H,2-5H2,1H3,(H2,9,11)/t6-,7-/m1/s1. The van der Waals surface area contributed by atoms with E-state index in [2.05, 4.69) is 5.32 Å². The number of nitrogens with two attached hydrogens (primary N) is 1. The summed E-state index contributed by atoms with van der Waals surface area (Å²) >= 11 is 5.00. The molecule has 64 valence electrons. The van der Waals surface area contributed by atoms with Gasteiger partial charge in [-0.05, 0) is 19.9 Å². The van der Waals surface area contributed by atoms with Crippen molar-refractivity contribution < 1.29 is 0 Å². The Morgan fingerprint density at radius 2 is 2.09 bits per heavy atom. The van der Waals surface area contributed by atoms with Crippen LogP contribution in [0.25, 0.3) is 0 Å². The monoisotopic (exact) mass is 172 g/mol. The molecule has 0 saturated heterocycles. The van der Waals surface area contributed by atoms with Gasteiger partial charge in [0.05, 0.1) is 4.99 Å². The fourth-order valence-electron chi connectivity index (χ4n) is 1.82. The number of hydrogen-bond acceptors (Lipinski definition) is 2. The van der Waals surface area contributed by atoms with E-state index in [-0.39, 0.29) is 0 Å². The quantitative estimate of drug-likeness (QED) is 0.611. The number of hydrogen-bond donors (Lipinski definition) is 2. The number of thiocarbonyl (C=S) groups is 1. The molecule has 1 rings (SSSR count). The molecule has 0 aliphatic heterocycles. The first-order valence-corrected chi connectivity index (χ1v) is 4.63. The molecule has 0 bridgehead atoms. The van der Waals surface area contributed by atoms with Gasteiger partial charge in [0.1, 0.15) is 0 Å². The summed E-state index contributed by atoms with van der Waals surface area (Å²) in [5, 5.41) is 3.27. The van der Waals surface area contributed by atoms with E-state index < -0.39 is 0 Å². The second-order valence-corrected chi connectivity index (χ2v) is 3.66. The molecule has 11 heavy (non-hydrogen) atoms. The Balaban J connectivity index is 2.51. The molecule has 1 aliphatic rings. The minimum Gasteiger partial charge on any atom is -0.393 e. The molecule has 0 radical (unpaired) electrons. The van der Waals surface area contributed by atoms with Crippen molar-refractivity contribution in [3.63, 3.8) is 0 Å². The highest BCUT2D eigenvalue weighted by molar-refractivity contribution is 7.80. The number of rotatable bonds is 2. The molecule has 0 spiro atoms. The van der Waals surface area contributed by atoms with E-state index in [1.165, 1.54) is 25.7 Å². The second-order valence-electron chi connectivity index (χ2n) is 3.19. The van der Waals surface area contributed by atoms with E-state index in [9.17, 15) is 0 Å². The maximum Gasteiger partial charge on any atom is 0.0774 e. The van der Waals surface area contributed by atoms with Gasteiger partial charge in [0.15, 0.2) is 0 Å². The normalized spacial score (nSPS) is 31.7. The van der Waals surface area contributed by atoms with E-state index >= 15 is 0 Å². The highest BCUT2D eigenvalue weighted by atomic mass is 32.1. The average molecular weight is 172 g/mol. The van der Waals surface area contributed by atoms with E-state index in [0.29, 0.717) is 16.9 Å². The summed E-state index contributed by atoms with van der Waals surface area (Å²) in [5.41, 5.74) is 5.62. The van der Waals surface area contributed by atoms with Crippen LogP contribution >= 0.6 is 12.2 Å². The number of nitrogens with one attached hydrogen (secondary N) is 1. The van der Waals surface area contributed by atoms with Crippen LogP contribution in [0.15, 0.2) is 0 Å². The predicted octanol–water partition coefficient (Wildman–Crippen LogP) is 1.05. The van der Waals surface area contributed by atoms with Crippen LogP contribution in [0.1, 0.15) is 25.7 Å². The van der Waals surface area contributed by atoms with Gasteiger partial charge in [-0.15, -0.1) is 0 Å². The molecule has 0 aromatic rings. The van der Waals surface area contributed by atoms with Gasteiger partial charge >= 0.3 is 0 Å². The predicted molar refractivity (Wildman–Crippen MR) is 51.6 cm³/mol. The lowest BCUT2D eigenvalue weighted by Gasteiger charge is -2.30. The first-order valence-electron chi connectivity index (χ1n) is 4.22. The van der Waals surface area contributed by atoms with Crippen molar-refractivity contribution in [3.8, 4) is 0 Å². The lowest BCUT2D eigenvalue weighted by Crippen LogP contribution is -2.42. The van der Waals surface area contributed by atoms with Crippen LogP contribution in [0.5, 0.6) is 0 Å². The third kappa shape index (κ3) is 2.14. The van der Waals surface area contributed by atoms with Gasteiger partial charge in [-0.2, -0.15) is 0 Å². The minimum atomic E-state index is 0.434. The van der Waals surface area contributed by atoms with Crippen molar-refractivity contribution in [2.24, 2.45) is 11.7 Å². The van der Waals surface area contributed by atoms with Gasteiger partial charge in [0.25, 0.3) is 0 Å². The van der Waals surface area contributed by atoms with E-state index in [1.807, 2.05) is 7.05 Å². The van der Waals surface area contributed by atoms with Crippen molar-refractivity contribution in [1.82, 2.24) is 5.32 Å². The van der Waals surface area contributed by atoms with E-state index in [0.717, 1.165) is 0 Å².